The maximum atomic E-state index is 13.1. The van der Waals surface area contributed by atoms with Crippen LogP contribution < -0.4 is 19.1 Å². The van der Waals surface area contributed by atoms with Crippen LogP contribution in [0, 0.1) is 0 Å². The van der Waals surface area contributed by atoms with Crippen molar-refractivity contribution in [3.8, 4) is 17.2 Å². The highest BCUT2D eigenvalue weighted by Gasteiger charge is 2.26. The van der Waals surface area contributed by atoms with Crippen LogP contribution in [0.4, 0.5) is 5.69 Å². The number of hydrogen-bond donors (Lipinski definition) is 0. The van der Waals surface area contributed by atoms with Crippen molar-refractivity contribution >= 4 is 11.6 Å². The number of anilines is 1. The van der Waals surface area contributed by atoms with Gasteiger partial charge in [0.15, 0.2) is 17.3 Å². The van der Waals surface area contributed by atoms with Gasteiger partial charge in [0.1, 0.15) is 11.5 Å². The van der Waals surface area contributed by atoms with E-state index in [9.17, 15) is 4.79 Å². The lowest BCUT2D eigenvalue weighted by molar-refractivity contribution is 0.0710. The number of carbonyl (C=O) groups excluding carboxylic acids is 1. The molecule has 190 valence electrons. The second kappa shape index (κ2) is 10.5. The summed E-state index contributed by atoms with van der Waals surface area (Å²) in [5.74, 6) is 3.51. The number of carbonyl (C=O) groups is 1. The van der Waals surface area contributed by atoms with Gasteiger partial charge in [0, 0.05) is 39.3 Å². The molecule has 2 aromatic carbocycles. The minimum absolute atomic E-state index is 0.0539. The van der Waals surface area contributed by atoms with Crippen molar-refractivity contribution in [1.29, 1.82) is 0 Å². The van der Waals surface area contributed by atoms with E-state index in [1.807, 2.05) is 29.2 Å². The Balaban J connectivity index is 1.18. The molecule has 0 saturated carbocycles. The van der Waals surface area contributed by atoms with Gasteiger partial charge in [-0.2, -0.15) is 0 Å². The van der Waals surface area contributed by atoms with Crippen molar-refractivity contribution in [2.24, 2.45) is 0 Å². The van der Waals surface area contributed by atoms with Crippen LogP contribution in [0.1, 0.15) is 27.4 Å². The Kier molecular flexibility index (Phi) is 7.04. The average molecular weight is 492 g/mol. The third-order valence-electron chi connectivity index (χ3n) is 7.04. The van der Waals surface area contributed by atoms with Crippen LogP contribution >= 0.6 is 0 Å². The molecular formula is C28H33N3O5. The molecule has 3 aromatic rings. The number of rotatable bonds is 7. The molecule has 0 unspecified atom stereocenters. The Morgan fingerprint density at radius 2 is 1.53 bits per heavy atom. The molecule has 8 heteroatoms. The van der Waals surface area contributed by atoms with Gasteiger partial charge >= 0.3 is 0 Å². The quantitative estimate of drug-likeness (QED) is 0.498. The molecule has 3 heterocycles. The van der Waals surface area contributed by atoms with E-state index in [4.69, 9.17) is 18.6 Å². The van der Waals surface area contributed by atoms with E-state index in [1.54, 1.807) is 27.4 Å². The van der Waals surface area contributed by atoms with Crippen molar-refractivity contribution in [3.63, 3.8) is 0 Å². The Hall–Kier alpha value is -3.65. The molecule has 0 radical (unpaired) electrons. The smallest absolute Gasteiger partial charge is 0.289 e. The first-order valence-corrected chi connectivity index (χ1v) is 12.3. The second-order valence-electron chi connectivity index (χ2n) is 9.15. The molecule has 1 fully saturated rings. The van der Waals surface area contributed by atoms with Gasteiger partial charge in [-0.05, 0) is 53.9 Å². The number of fused-ring (bicyclic) bond motifs is 1. The first-order valence-electron chi connectivity index (χ1n) is 12.3. The molecule has 5 rings (SSSR count). The summed E-state index contributed by atoms with van der Waals surface area (Å²) in [5, 5.41) is 0. The van der Waals surface area contributed by atoms with Crippen molar-refractivity contribution in [3.05, 3.63) is 71.2 Å². The fourth-order valence-electron chi connectivity index (χ4n) is 5.07. The summed E-state index contributed by atoms with van der Waals surface area (Å²) in [6, 6.07) is 15.8. The SMILES string of the molecule is COc1cc2c(cc1OC)CN(Cc1ccc(C(=O)N3CCN(c4ccccc4OC)CC3)o1)CC2. The summed E-state index contributed by atoms with van der Waals surface area (Å²) < 4.78 is 22.4. The van der Waals surface area contributed by atoms with Crippen LogP contribution in [0.3, 0.4) is 0 Å². The fourth-order valence-corrected chi connectivity index (χ4v) is 5.07. The zero-order valence-electron chi connectivity index (χ0n) is 21.2. The monoisotopic (exact) mass is 491 g/mol. The number of hydrogen-bond acceptors (Lipinski definition) is 7. The molecule has 2 aliphatic rings. The zero-order valence-corrected chi connectivity index (χ0v) is 21.2. The third-order valence-corrected chi connectivity index (χ3v) is 7.04. The standard InChI is InChI=1S/C28H33N3O5/c1-33-24-7-5-4-6-23(24)30-12-14-31(15-13-30)28(32)25-9-8-22(36-25)19-29-11-10-20-16-26(34-2)27(35-3)17-21(20)18-29/h4-9,16-17H,10-15,18-19H2,1-3H3. The van der Waals surface area contributed by atoms with E-state index in [1.165, 1.54) is 11.1 Å². The van der Waals surface area contributed by atoms with E-state index in [-0.39, 0.29) is 5.91 Å². The minimum atomic E-state index is -0.0539. The van der Waals surface area contributed by atoms with Crippen LogP contribution in [-0.4, -0.2) is 69.8 Å². The first kappa shape index (κ1) is 24.1. The molecule has 0 N–H and O–H groups in total. The van der Waals surface area contributed by atoms with E-state index in [2.05, 4.69) is 28.0 Å². The van der Waals surface area contributed by atoms with Gasteiger partial charge in [-0.1, -0.05) is 12.1 Å². The highest BCUT2D eigenvalue weighted by atomic mass is 16.5. The van der Waals surface area contributed by atoms with Gasteiger partial charge in [0.05, 0.1) is 33.6 Å². The fraction of sp³-hybridized carbons (Fsp3) is 0.393. The Bertz CT molecular complexity index is 1220. The summed E-state index contributed by atoms with van der Waals surface area (Å²) in [6.45, 7) is 5.15. The molecule has 2 aliphatic heterocycles. The normalized spacial score (nSPS) is 16.0. The van der Waals surface area contributed by atoms with Gasteiger partial charge in [0.2, 0.25) is 0 Å². The lowest BCUT2D eigenvalue weighted by atomic mass is 9.98. The van der Waals surface area contributed by atoms with Crippen LogP contribution in [0.5, 0.6) is 17.2 Å². The molecule has 0 spiro atoms. The minimum Gasteiger partial charge on any atom is -0.495 e. The highest BCUT2D eigenvalue weighted by molar-refractivity contribution is 5.91. The summed E-state index contributed by atoms with van der Waals surface area (Å²) in [4.78, 5) is 19.6. The lowest BCUT2D eigenvalue weighted by Crippen LogP contribution is -2.48. The van der Waals surface area contributed by atoms with Crippen LogP contribution in [-0.2, 0) is 19.5 Å². The van der Waals surface area contributed by atoms with Crippen LogP contribution in [0.2, 0.25) is 0 Å². The molecule has 1 aromatic heterocycles. The predicted octanol–water partition coefficient (Wildman–Crippen LogP) is 3.83. The number of nitrogens with zero attached hydrogens (tertiary/aromatic N) is 3. The zero-order chi connectivity index (χ0) is 25.1. The largest absolute Gasteiger partial charge is 0.495 e. The second-order valence-corrected chi connectivity index (χ2v) is 9.15. The Morgan fingerprint density at radius 1 is 0.833 bits per heavy atom. The summed E-state index contributed by atoms with van der Waals surface area (Å²) in [5.41, 5.74) is 3.58. The molecule has 0 bridgehead atoms. The van der Waals surface area contributed by atoms with Gasteiger partial charge in [-0.3, -0.25) is 9.69 Å². The topological polar surface area (TPSA) is 67.6 Å². The maximum Gasteiger partial charge on any atom is 0.289 e. The van der Waals surface area contributed by atoms with Crippen molar-refractivity contribution in [2.75, 3.05) is 59.0 Å². The number of benzene rings is 2. The first-order chi connectivity index (χ1) is 17.6. The molecule has 8 nitrogen and oxygen atoms in total. The van der Waals surface area contributed by atoms with Crippen molar-refractivity contribution < 1.29 is 23.4 Å². The van der Waals surface area contributed by atoms with Gasteiger partial charge in [-0.25, -0.2) is 0 Å². The molecule has 1 saturated heterocycles. The number of piperazine rings is 1. The molecule has 0 atom stereocenters. The Labute approximate surface area is 211 Å². The number of amides is 1. The highest BCUT2D eigenvalue weighted by Crippen LogP contribution is 2.34. The predicted molar refractivity (Wildman–Crippen MR) is 137 cm³/mol. The third kappa shape index (κ3) is 4.86. The van der Waals surface area contributed by atoms with Crippen molar-refractivity contribution in [2.45, 2.75) is 19.5 Å². The summed E-state index contributed by atoms with van der Waals surface area (Å²) in [7, 11) is 5.00. The van der Waals surface area contributed by atoms with E-state index in [0.717, 1.165) is 61.3 Å². The van der Waals surface area contributed by atoms with Gasteiger partial charge < -0.3 is 28.4 Å². The van der Waals surface area contributed by atoms with E-state index >= 15 is 0 Å². The number of furan rings is 1. The molecular weight excluding hydrogens is 458 g/mol. The van der Waals surface area contributed by atoms with Crippen molar-refractivity contribution in [1.82, 2.24) is 9.80 Å². The summed E-state index contributed by atoms with van der Waals surface area (Å²) in [6.07, 6.45) is 0.929. The number of methoxy groups -OCH3 is 3. The van der Waals surface area contributed by atoms with Crippen LogP contribution in [0.25, 0.3) is 0 Å². The molecule has 1 amide bonds. The number of para-hydroxylation sites is 2. The lowest BCUT2D eigenvalue weighted by Gasteiger charge is -2.36. The molecule has 36 heavy (non-hydrogen) atoms. The van der Waals surface area contributed by atoms with Gasteiger partial charge in [-0.15, -0.1) is 0 Å². The van der Waals surface area contributed by atoms with E-state index in [0.29, 0.717) is 25.4 Å². The average Bonchev–Trinajstić information content (AvgIpc) is 3.40. The number of ether oxygens (including phenoxy) is 3. The molecule has 0 aliphatic carbocycles. The van der Waals surface area contributed by atoms with Gasteiger partial charge in [0.25, 0.3) is 5.91 Å². The summed E-state index contributed by atoms with van der Waals surface area (Å²) >= 11 is 0. The Morgan fingerprint density at radius 3 is 2.25 bits per heavy atom. The van der Waals surface area contributed by atoms with E-state index < -0.39 is 0 Å². The van der Waals surface area contributed by atoms with Crippen LogP contribution in [0.15, 0.2) is 52.9 Å². The maximum absolute atomic E-state index is 13.1.